The molecular weight excluding hydrogens is 266 g/mol. The van der Waals surface area contributed by atoms with Gasteiger partial charge in [-0.1, -0.05) is 39.8 Å². The fraction of sp³-hybridized carbons (Fsp3) is 0.588. The maximum atomic E-state index is 12.8. The molecule has 1 amide bonds. The summed E-state index contributed by atoms with van der Waals surface area (Å²) in [5.74, 6) is 1.41. The minimum absolute atomic E-state index is 0.201. The first-order valence-electron chi connectivity index (χ1n) is 7.52. The number of benzene rings is 1. The van der Waals surface area contributed by atoms with E-state index < -0.39 is 0 Å². The summed E-state index contributed by atoms with van der Waals surface area (Å²) < 4.78 is 0. The number of carbonyl (C=O) groups is 1. The zero-order chi connectivity index (χ0) is 14.7. The van der Waals surface area contributed by atoms with Crippen LogP contribution in [-0.4, -0.2) is 29.1 Å². The number of hydrogen-bond donors (Lipinski definition) is 0. The van der Waals surface area contributed by atoms with Gasteiger partial charge in [-0.05, 0) is 30.4 Å². The van der Waals surface area contributed by atoms with Gasteiger partial charge in [0.1, 0.15) is 0 Å². The standard InChI is InChI=1S/C17H25NOS/c1-12(2)20-16-8-6-5-7-15(16)17(19)18-10-13(3)9-14(4)11-18/h5-8,12-14H,9-11H2,1-4H3. The van der Waals surface area contributed by atoms with E-state index in [1.807, 2.05) is 23.1 Å². The van der Waals surface area contributed by atoms with Gasteiger partial charge in [-0.2, -0.15) is 0 Å². The van der Waals surface area contributed by atoms with Crippen molar-refractivity contribution in [2.45, 2.75) is 44.3 Å². The van der Waals surface area contributed by atoms with Crippen molar-refractivity contribution >= 4 is 17.7 Å². The zero-order valence-corrected chi connectivity index (χ0v) is 13.7. The number of thioether (sulfide) groups is 1. The van der Waals surface area contributed by atoms with E-state index in [4.69, 9.17) is 0 Å². The van der Waals surface area contributed by atoms with Crippen molar-refractivity contribution in [2.75, 3.05) is 13.1 Å². The van der Waals surface area contributed by atoms with E-state index in [1.54, 1.807) is 11.8 Å². The lowest BCUT2D eigenvalue weighted by molar-refractivity contribution is 0.0619. The van der Waals surface area contributed by atoms with Crippen molar-refractivity contribution in [3.8, 4) is 0 Å². The average molecular weight is 291 g/mol. The summed E-state index contributed by atoms with van der Waals surface area (Å²) in [6, 6.07) is 8.02. The van der Waals surface area contributed by atoms with Crippen molar-refractivity contribution in [1.82, 2.24) is 4.90 Å². The molecule has 0 N–H and O–H groups in total. The Morgan fingerprint density at radius 2 is 1.80 bits per heavy atom. The van der Waals surface area contributed by atoms with Gasteiger partial charge in [-0.25, -0.2) is 0 Å². The van der Waals surface area contributed by atoms with E-state index >= 15 is 0 Å². The van der Waals surface area contributed by atoms with Gasteiger partial charge in [0.2, 0.25) is 0 Å². The SMILES string of the molecule is CC1CC(C)CN(C(=O)c2ccccc2SC(C)C)C1. The van der Waals surface area contributed by atoms with Crippen molar-refractivity contribution in [3.05, 3.63) is 29.8 Å². The van der Waals surface area contributed by atoms with E-state index in [-0.39, 0.29) is 5.91 Å². The second-order valence-corrected chi connectivity index (χ2v) is 7.94. The van der Waals surface area contributed by atoms with E-state index in [0.717, 1.165) is 23.5 Å². The summed E-state index contributed by atoms with van der Waals surface area (Å²) in [5, 5.41) is 0.489. The predicted molar refractivity (Wildman–Crippen MR) is 86.3 cm³/mol. The van der Waals surface area contributed by atoms with Crippen LogP contribution >= 0.6 is 11.8 Å². The maximum Gasteiger partial charge on any atom is 0.255 e. The third kappa shape index (κ3) is 3.78. The first-order chi connectivity index (χ1) is 9.47. The molecule has 2 rings (SSSR count). The number of amides is 1. The highest BCUT2D eigenvalue weighted by Gasteiger charge is 2.27. The number of rotatable bonds is 3. The lowest BCUT2D eigenvalue weighted by atomic mass is 9.91. The molecule has 2 unspecified atom stereocenters. The molecule has 1 aromatic rings. The van der Waals surface area contributed by atoms with Gasteiger partial charge in [0.05, 0.1) is 5.56 Å². The highest BCUT2D eigenvalue weighted by molar-refractivity contribution is 8.00. The summed E-state index contributed by atoms with van der Waals surface area (Å²) in [5.41, 5.74) is 0.868. The van der Waals surface area contributed by atoms with E-state index in [2.05, 4.69) is 33.8 Å². The molecule has 1 heterocycles. The number of likely N-dealkylation sites (tertiary alicyclic amines) is 1. The molecule has 1 saturated heterocycles. The fourth-order valence-electron chi connectivity index (χ4n) is 3.00. The van der Waals surface area contributed by atoms with Crippen LogP contribution in [0.1, 0.15) is 44.5 Å². The summed E-state index contributed by atoms with van der Waals surface area (Å²) >= 11 is 1.77. The Bertz CT molecular complexity index is 462. The van der Waals surface area contributed by atoms with Gasteiger partial charge in [-0.3, -0.25) is 4.79 Å². The second kappa shape index (κ2) is 6.66. The van der Waals surface area contributed by atoms with Crippen LogP contribution in [0.25, 0.3) is 0 Å². The molecule has 3 heteroatoms. The van der Waals surface area contributed by atoms with Gasteiger partial charge in [0, 0.05) is 23.2 Å². The van der Waals surface area contributed by atoms with E-state index in [0.29, 0.717) is 17.1 Å². The van der Waals surface area contributed by atoms with Gasteiger partial charge in [0.15, 0.2) is 0 Å². The minimum Gasteiger partial charge on any atom is -0.338 e. The van der Waals surface area contributed by atoms with Gasteiger partial charge >= 0.3 is 0 Å². The summed E-state index contributed by atoms with van der Waals surface area (Å²) in [6.45, 7) is 10.6. The maximum absolute atomic E-state index is 12.8. The van der Waals surface area contributed by atoms with E-state index in [1.165, 1.54) is 6.42 Å². The molecule has 1 fully saturated rings. The summed E-state index contributed by atoms with van der Waals surface area (Å²) in [4.78, 5) is 16.0. The molecule has 20 heavy (non-hydrogen) atoms. The van der Waals surface area contributed by atoms with Crippen LogP contribution in [0.2, 0.25) is 0 Å². The van der Waals surface area contributed by atoms with Crippen LogP contribution in [-0.2, 0) is 0 Å². The number of hydrogen-bond acceptors (Lipinski definition) is 2. The molecule has 110 valence electrons. The Kier molecular flexibility index (Phi) is 5.14. The molecule has 1 aliphatic rings. The zero-order valence-electron chi connectivity index (χ0n) is 12.9. The van der Waals surface area contributed by atoms with Crippen molar-refractivity contribution in [2.24, 2.45) is 11.8 Å². The van der Waals surface area contributed by atoms with Crippen LogP contribution in [0.15, 0.2) is 29.2 Å². The molecule has 1 aromatic carbocycles. The largest absolute Gasteiger partial charge is 0.338 e. The molecular formula is C17H25NOS. The van der Waals surface area contributed by atoms with Gasteiger partial charge in [0.25, 0.3) is 5.91 Å². The second-order valence-electron chi connectivity index (χ2n) is 6.32. The van der Waals surface area contributed by atoms with Crippen molar-refractivity contribution < 1.29 is 4.79 Å². The van der Waals surface area contributed by atoms with Crippen molar-refractivity contribution in [1.29, 1.82) is 0 Å². The van der Waals surface area contributed by atoms with Crippen LogP contribution in [0.5, 0.6) is 0 Å². The number of piperidine rings is 1. The quantitative estimate of drug-likeness (QED) is 0.774. The van der Waals surface area contributed by atoms with Gasteiger partial charge in [-0.15, -0.1) is 11.8 Å². The fourth-order valence-corrected chi connectivity index (χ4v) is 3.95. The highest BCUT2D eigenvalue weighted by Crippen LogP contribution is 2.29. The predicted octanol–water partition coefficient (Wildman–Crippen LogP) is 4.31. The molecule has 0 bridgehead atoms. The van der Waals surface area contributed by atoms with Crippen LogP contribution < -0.4 is 0 Å². The monoisotopic (exact) mass is 291 g/mol. The molecule has 0 aliphatic carbocycles. The topological polar surface area (TPSA) is 20.3 Å². The molecule has 2 nitrogen and oxygen atoms in total. The number of nitrogens with zero attached hydrogens (tertiary/aromatic N) is 1. The summed E-state index contributed by atoms with van der Waals surface area (Å²) in [6.07, 6.45) is 1.23. The minimum atomic E-state index is 0.201. The first kappa shape index (κ1) is 15.4. The lowest BCUT2D eigenvalue weighted by Crippen LogP contribution is -2.42. The molecule has 0 saturated carbocycles. The Labute approximate surface area is 126 Å². The summed E-state index contributed by atoms with van der Waals surface area (Å²) in [7, 11) is 0. The normalized spacial score (nSPS) is 23.1. The molecule has 0 radical (unpaired) electrons. The molecule has 0 spiro atoms. The Hall–Kier alpha value is -0.960. The Morgan fingerprint density at radius 3 is 2.40 bits per heavy atom. The molecule has 2 atom stereocenters. The third-order valence-corrected chi connectivity index (χ3v) is 4.72. The Balaban J connectivity index is 2.20. The Morgan fingerprint density at radius 1 is 1.20 bits per heavy atom. The van der Waals surface area contributed by atoms with E-state index in [9.17, 15) is 4.79 Å². The van der Waals surface area contributed by atoms with Crippen LogP contribution in [0.4, 0.5) is 0 Å². The molecule has 0 aromatic heterocycles. The van der Waals surface area contributed by atoms with Crippen molar-refractivity contribution in [3.63, 3.8) is 0 Å². The third-order valence-electron chi connectivity index (χ3n) is 3.64. The first-order valence-corrected chi connectivity index (χ1v) is 8.40. The van der Waals surface area contributed by atoms with Crippen LogP contribution in [0, 0.1) is 11.8 Å². The highest BCUT2D eigenvalue weighted by atomic mass is 32.2. The van der Waals surface area contributed by atoms with Gasteiger partial charge < -0.3 is 4.90 Å². The smallest absolute Gasteiger partial charge is 0.255 e. The average Bonchev–Trinajstić information content (AvgIpc) is 2.36. The number of carbonyl (C=O) groups excluding carboxylic acids is 1. The molecule has 1 aliphatic heterocycles. The lowest BCUT2D eigenvalue weighted by Gasteiger charge is -2.35. The van der Waals surface area contributed by atoms with Crippen LogP contribution in [0.3, 0.4) is 0 Å².